The molecule has 0 aromatic heterocycles. The number of benzene rings is 1. The molecule has 104 valence electrons. The molecular formula is C12H20Cl2N2O2. The molecule has 0 aliphatic rings. The van der Waals surface area contributed by atoms with Gasteiger partial charge < -0.3 is 20.9 Å². The lowest BCUT2D eigenvalue weighted by molar-refractivity contribution is 0.354. The molecule has 6 heteroatoms. The zero-order valence-electron chi connectivity index (χ0n) is 10.6. The molecule has 0 saturated carbocycles. The van der Waals surface area contributed by atoms with E-state index in [1.54, 1.807) is 14.2 Å². The minimum Gasteiger partial charge on any atom is -0.493 e. The van der Waals surface area contributed by atoms with Crippen LogP contribution in [0.1, 0.15) is 24.4 Å². The van der Waals surface area contributed by atoms with Gasteiger partial charge in [-0.25, -0.2) is 0 Å². The number of hydrogen-bond donors (Lipinski definition) is 2. The first kappa shape index (κ1) is 17.3. The lowest BCUT2D eigenvalue weighted by atomic mass is 10.0. The highest BCUT2D eigenvalue weighted by Gasteiger charge is 2.17. The Morgan fingerprint density at radius 1 is 1.28 bits per heavy atom. The van der Waals surface area contributed by atoms with E-state index in [0.29, 0.717) is 23.1 Å². The normalized spacial score (nSPS) is 11.6. The Kier molecular flexibility index (Phi) is 8.11. The van der Waals surface area contributed by atoms with E-state index in [4.69, 9.17) is 32.5 Å². The zero-order valence-corrected chi connectivity index (χ0v) is 12.2. The molecule has 1 atom stereocenters. The van der Waals surface area contributed by atoms with Crippen molar-refractivity contribution in [2.75, 3.05) is 20.8 Å². The third-order valence-electron chi connectivity index (χ3n) is 2.63. The van der Waals surface area contributed by atoms with Crippen molar-refractivity contribution in [3.8, 4) is 11.5 Å². The topological polar surface area (TPSA) is 70.5 Å². The Labute approximate surface area is 119 Å². The average Bonchev–Trinajstić information content (AvgIpc) is 2.35. The fourth-order valence-electron chi connectivity index (χ4n) is 1.68. The molecule has 0 unspecified atom stereocenters. The van der Waals surface area contributed by atoms with E-state index in [2.05, 4.69) is 0 Å². The van der Waals surface area contributed by atoms with E-state index in [0.717, 1.165) is 18.4 Å². The Morgan fingerprint density at radius 3 is 2.44 bits per heavy atom. The summed E-state index contributed by atoms with van der Waals surface area (Å²) >= 11 is 6.25. The van der Waals surface area contributed by atoms with Gasteiger partial charge in [0.2, 0.25) is 0 Å². The number of nitrogens with two attached hydrogens (primary N) is 2. The van der Waals surface area contributed by atoms with E-state index < -0.39 is 0 Å². The van der Waals surface area contributed by atoms with Crippen LogP contribution in [0.5, 0.6) is 11.5 Å². The van der Waals surface area contributed by atoms with Crippen LogP contribution in [0.15, 0.2) is 12.1 Å². The molecule has 1 aromatic rings. The molecule has 0 bridgehead atoms. The van der Waals surface area contributed by atoms with Gasteiger partial charge in [0, 0.05) is 6.04 Å². The van der Waals surface area contributed by atoms with Crippen molar-refractivity contribution >= 4 is 24.0 Å². The molecule has 1 rings (SSSR count). The number of hydrogen-bond acceptors (Lipinski definition) is 4. The molecule has 1 aromatic carbocycles. The van der Waals surface area contributed by atoms with Gasteiger partial charge in [-0.2, -0.15) is 0 Å². The molecule has 0 spiro atoms. The predicted molar refractivity (Wildman–Crippen MR) is 77.0 cm³/mol. The lowest BCUT2D eigenvalue weighted by Gasteiger charge is -2.17. The van der Waals surface area contributed by atoms with Crippen LogP contribution in [0.25, 0.3) is 0 Å². The summed E-state index contributed by atoms with van der Waals surface area (Å²) in [4.78, 5) is 0. The zero-order chi connectivity index (χ0) is 12.8. The van der Waals surface area contributed by atoms with Crippen LogP contribution in [0, 0.1) is 0 Å². The summed E-state index contributed by atoms with van der Waals surface area (Å²) in [6.07, 6.45) is 1.66. The summed E-state index contributed by atoms with van der Waals surface area (Å²) in [7, 11) is 3.13. The van der Waals surface area contributed by atoms with Crippen molar-refractivity contribution in [3.05, 3.63) is 22.7 Å². The van der Waals surface area contributed by atoms with Gasteiger partial charge in [0.1, 0.15) is 0 Å². The quantitative estimate of drug-likeness (QED) is 0.846. The fraction of sp³-hybridized carbons (Fsp3) is 0.500. The highest BCUT2D eigenvalue weighted by atomic mass is 35.5. The number of halogens is 2. The Bertz CT molecular complexity index is 375. The van der Waals surface area contributed by atoms with Crippen molar-refractivity contribution in [3.63, 3.8) is 0 Å². The number of methoxy groups -OCH3 is 2. The van der Waals surface area contributed by atoms with Crippen LogP contribution in [0.4, 0.5) is 0 Å². The Hall–Kier alpha value is -0.680. The fourth-order valence-corrected chi connectivity index (χ4v) is 2.06. The highest BCUT2D eigenvalue weighted by molar-refractivity contribution is 6.33. The molecule has 18 heavy (non-hydrogen) atoms. The molecule has 4 nitrogen and oxygen atoms in total. The van der Waals surface area contributed by atoms with Gasteiger partial charge in [-0.05, 0) is 31.0 Å². The van der Waals surface area contributed by atoms with Crippen LogP contribution < -0.4 is 20.9 Å². The monoisotopic (exact) mass is 294 g/mol. The smallest absolute Gasteiger partial charge is 0.179 e. The van der Waals surface area contributed by atoms with Gasteiger partial charge in [-0.15, -0.1) is 12.4 Å². The van der Waals surface area contributed by atoms with E-state index >= 15 is 0 Å². The van der Waals surface area contributed by atoms with Crippen molar-refractivity contribution in [1.29, 1.82) is 0 Å². The minimum absolute atomic E-state index is 0. The molecule has 0 amide bonds. The molecule has 4 N–H and O–H groups in total. The lowest BCUT2D eigenvalue weighted by Crippen LogP contribution is -2.13. The Morgan fingerprint density at radius 2 is 1.94 bits per heavy atom. The van der Waals surface area contributed by atoms with Crippen molar-refractivity contribution in [2.24, 2.45) is 11.5 Å². The summed E-state index contributed by atoms with van der Waals surface area (Å²) in [5, 5.41) is 0.511. The SMILES string of the molecule is COc1ccc([C@@H](N)CCCN)c(Cl)c1OC.Cl. The molecule has 0 heterocycles. The van der Waals surface area contributed by atoms with Gasteiger partial charge in [0.05, 0.1) is 19.2 Å². The van der Waals surface area contributed by atoms with Crippen LogP contribution in [-0.2, 0) is 0 Å². The van der Waals surface area contributed by atoms with Crippen molar-refractivity contribution in [2.45, 2.75) is 18.9 Å². The van der Waals surface area contributed by atoms with Gasteiger partial charge in [0.15, 0.2) is 11.5 Å². The van der Waals surface area contributed by atoms with E-state index in [1.165, 1.54) is 0 Å². The molecule has 0 aliphatic carbocycles. The van der Waals surface area contributed by atoms with Gasteiger partial charge in [-0.1, -0.05) is 17.7 Å². The first-order valence-corrected chi connectivity index (χ1v) is 5.89. The van der Waals surface area contributed by atoms with Gasteiger partial charge >= 0.3 is 0 Å². The summed E-state index contributed by atoms with van der Waals surface area (Å²) in [6, 6.07) is 3.54. The summed E-state index contributed by atoms with van der Waals surface area (Å²) in [6.45, 7) is 0.624. The number of rotatable bonds is 6. The molecule has 0 aliphatic heterocycles. The average molecular weight is 295 g/mol. The number of ether oxygens (including phenoxy) is 2. The predicted octanol–water partition coefficient (Wildman–Crippen LogP) is 2.52. The van der Waals surface area contributed by atoms with Crippen molar-refractivity contribution in [1.82, 2.24) is 0 Å². The second-order valence-corrected chi connectivity index (χ2v) is 4.12. The maximum Gasteiger partial charge on any atom is 0.179 e. The Balaban J connectivity index is 0.00000289. The summed E-state index contributed by atoms with van der Waals surface area (Å²) in [5.41, 5.74) is 12.4. The first-order valence-electron chi connectivity index (χ1n) is 5.51. The highest BCUT2D eigenvalue weighted by Crippen LogP contribution is 2.39. The first-order chi connectivity index (χ1) is 8.15. The second-order valence-electron chi connectivity index (χ2n) is 3.74. The molecular weight excluding hydrogens is 275 g/mol. The molecule has 0 radical (unpaired) electrons. The molecule has 0 fully saturated rings. The second kappa shape index (κ2) is 8.43. The molecule has 0 saturated heterocycles. The van der Waals surface area contributed by atoms with Gasteiger partial charge in [-0.3, -0.25) is 0 Å². The summed E-state index contributed by atoms with van der Waals surface area (Å²) < 4.78 is 10.4. The maximum atomic E-state index is 6.25. The standard InChI is InChI=1S/C12H19ClN2O2.ClH/c1-16-10-6-5-8(9(15)4-3-7-14)11(13)12(10)17-2;/h5-6,9H,3-4,7,14-15H2,1-2H3;1H/t9-;/m0./s1. The van der Waals surface area contributed by atoms with Crippen LogP contribution >= 0.6 is 24.0 Å². The van der Waals surface area contributed by atoms with Crippen LogP contribution in [-0.4, -0.2) is 20.8 Å². The van der Waals surface area contributed by atoms with Gasteiger partial charge in [0.25, 0.3) is 0 Å². The largest absolute Gasteiger partial charge is 0.493 e. The van der Waals surface area contributed by atoms with E-state index in [-0.39, 0.29) is 18.4 Å². The van der Waals surface area contributed by atoms with Crippen LogP contribution in [0.2, 0.25) is 5.02 Å². The minimum atomic E-state index is -0.133. The van der Waals surface area contributed by atoms with Crippen LogP contribution in [0.3, 0.4) is 0 Å². The summed E-state index contributed by atoms with van der Waals surface area (Å²) in [5.74, 6) is 1.13. The third-order valence-corrected chi connectivity index (χ3v) is 3.02. The maximum absolute atomic E-state index is 6.25. The van der Waals surface area contributed by atoms with Crippen molar-refractivity contribution < 1.29 is 9.47 Å². The van der Waals surface area contributed by atoms with E-state index in [1.807, 2.05) is 12.1 Å². The third kappa shape index (κ3) is 3.92. The van der Waals surface area contributed by atoms with E-state index in [9.17, 15) is 0 Å².